The van der Waals surface area contributed by atoms with E-state index in [1.54, 1.807) is 7.11 Å². The molecule has 1 fully saturated rings. The van der Waals surface area contributed by atoms with Gasteiger partial charge in [0, 0.05) is 10.0 Å². The Morgan fingerprint density at radius 1 is 1.37 bits per heavy atom. The van der Waals surface area contributed by atoms with Gasteiger partial charge in [0.1, 0.15) is 5.75 Å². The van der Waals surface area contributed by atoms with Crippen molar-refractivity contribution in [3.63, 3.8) is 0 Å². The van der Waals surface area contributed by atoms with Crippen LogP contribution in [-0.4, -0.2) is 18.8 Å². The van der Waals surface area contributed by atoms with E-state index in [9.17, 15) is 5.11 Å². The highest BCUT2D eigenvalue weighted by atomic mass is 79.9. The van der Waals surface area contributed by atoms with Crippen molar-refractivity contribution in [1.29, 1.82) is 0 Å². The summed E-state index contributed by atoms with van der Waals surface area (Å²) in [6.45, 7) is 0.139. The minimum absolute atomic E-state index is 0.139. The second kappa shape index (κ2) is 7.11. The fourth-order valence-corrected chi connectivity index (χ4v) is 3.16. The van der Waals surface area contributed by atoms with Gasteiger partial charge in [-0.1, -0.05) is 35.2 Å². The zero-order valence-electron chi connectivity index (χ0n) is 11.4. The molecule has 1 aromatic carbocycles. The predicted octanol–water partition coefficient (Wildman–Crippen LogP) is 4.41. The van der Waals surface area contributed by atoms with E-state index in [2.05, 4.69) is 22.0 Å². The molecule has 3 heteroatoms. The molecule has 1 aliphatic carbocycles. The lowest BCUT2D eigenvalue weighted by Crippen LogP contribution is -2.11. The number of aliphatic hydroxyl groups is 1. The molecule has 1 N–H and O–H groups in total. The van der Waals surface area contributed by atoms with Crippen LogP contribution in [0.15, 0.2) is 28.2 Å². The van der Waals surface area contributed by atoms with Gasteiger partial charge in [-0.3, -0.25) is 0 Å². The molecule has 0 atom stereocenters. The topological polar surface area (TPSA) is 29.5 Å². The summed E-state index contributed by atoms with van der Waals surface area (Å²) in [5.74, 6) is 1.38. The number of methoxy groups -OCH3 is 1. The summed E-state index contributed by atoms with van der Waals surface area (Å²) in [4.78, 5) is 0. The van der Waals surface area contributed by atoms with Crippen LogP contribution in [0.3, 0.4) is 0 Å². The van der Waals surface area contributed by atoms with E-state index in [0.717, 1.165) is 21.4 Å². The molecule has 1 aromatic rings. The van der Waals surface area contributed by atoms with E-state index in [0.29, 0.717) is 5.92 Å². The van der Waals surface area contributed by atoms with Gasteiger partial charge in [0.25, 0.3) is 0 Å². The third-order valence-electron chi connectivity index (χ3n) is 3.84. The van der Waals surface area contributed by atoms with Gasteiger partial charge in [0.15, 0.2) is 0 Å². The molecule has 0 aromatic heterocycles. The van der Waals surface area contributed by atoms with Gasteiger partial charge in [0.2, 0.25) is 0 Å². The van der Waals surface area contributed by atoms with Gasteiger partial charge >= 0.3 is 0 Å². The van der Waals surface area contributed by atoms with E-state index in [1.165, 1.54) is 32.1 Å². The molecular weight excluding hydrogens is 304 g/mol. The Hall–Kier alpha value is -0.800. The quantitative estimate of drug-likeness (QED) is 0.888. The Balaban J connectivity index is 2.28. The molecule has 0 aliphatic heterocycles. The zero-order chi connectivity index (χ0) is 13.7. The minimum Gasteiger partial charge on any atom is -0.496 e. The van der Waals surface area contributed by atoms with Crippen LogP contribution in [0.5, 0.6) is 5.75 Å². The lowest BCUT2D eigenvalue weighted by molar-refractivity contribution is 0.295. The summed E-state index contributed by atoms with van der Waals surface area (Å²) in [5, 5.41) is 9.65. The van der Waals surface area contributed by atoms with Gasteiger partial charge in [0.05, 0.1) is 13.7 Å². The summed E-state index contributed by atoms with van der Waals surface area (Å²) in [6, 6.07) is 5.96. The van der Waals surface area contributed by atoms with Crippen LogP contribution in [0.2, 0.25) is 0 Å². The maximum absolute atomic E-state index is 9.65. The molecule has 0 unspecified atom stereocenters. The first-order valence-corrected chi connectivity index (χ1v) is 7.68. The van der Waals surface area contributed by atoms with Gasteiger partial charge in [-0.05, 0) is 48.6 Å². The molecule has 0 spiro atoms. The summed E-state index contributed by atoms with van der Waals surface area (Å²) in [5.41, 5.74) is 2.17. The molecule has 2 nitrogen and oxygen atoms in total. The number of hydrogen-bond acceptors (Lipinski definition) is 2. The first kappa shape index (κ1) is 14.6. The second-order valence-corrected chi connectivity index (χ2v) is 6.01. The lowest BCUT2D eigenvalue weighted by Gasteiger charge is -2.23. The second-order valence-electron chi connectivity index (χ2n) is 5.10. The zero-order valence-corrected chi connectivity index (χ0v) is 12.9. The average Bonchev–Trinajstić information content (AvgIpc) is 2.46. The number of rotatable bonds is 4. The predicted molar refractivity (Wildman–Crippen MR) is 82.3 cm³/mol. The minimum atomic E-state index is 0.139. The van der Waals surface area contributed by atoms with Crippen LogP contribution in [0.25, 0.3) is 6.08 Å². The maximum Gasteiger partial charge on any atom is 0.126 e. The molecule has 1 saturated carbocycles. The molecule has 0 heterocycles. The molecule has 104 valence electrons. The Kier molecular flexibility index (Phi) is 5.46. The fraction of sp³-hybridized carbons (Fsp3) is 0.500. The standard InChI is InChI=1S/C16H21BrO2/c1-19-16-8-7-15(17)10-13(16)9-14(11-18)12-5-3-2-4-6-12/h7-10,12,18H,2-6,11H2,1H3. The Morgan fingerprint density at radius 3 is 2.74 bits per heavy atom. The van der Waals surface area contributed by atoms with Crippen LogP contribution in [0.4, 0.5) is 0 Å². The van der Waals surface area contributed by atoms with Gasteiger partial charge < -0.3 is 9.84 Å². The van der Waals surface area contributed by atoms with Crippen molar-refractivity contribution in [1.82, 2.24) is 0 Å². The lowest BCUT2D eigenvalue weighted by atomic mass is 9.83. The summed E-state index contributed by atoms with van der Waals surface area (Å²) >= 11 is 3.49. The van der Waals surface area contributed by atoms with Crippen molar-refractivity contribution in [2.45, 2.75) is 32.1 Å². The van der Waals surface area contributed by atoms with E-state index in [1.807, 2.05) is 18.2 Å². The Labute approximate surface area is 123 Å². The highest BCUT2D eigenvalue weighted by Crippen LogP contribution is 2.32. The van der Waals surface area contributed by atoms with Crippen LogP contribution in [0, 0.1) is 5.92 Å². The smallest absolute Gasteiger partial charge is 0.126 e. The summed E-state index contributed by atoms with van der Waals surface area (Å²) < 4.78 is 6.41. The molecule has 1 aliphatic rings. The van der Waals surface area contributed by atoms with Crippen molar-refractivity contribution < 1.29 is 9.84 Å². The van der Waals surface area contributed by atoms with Crippen molar-refractivity contribution in [3.05, 3.63) is 33.8 Å². The third kappa shape index (κ3) is 3.83. The normalized spacial score (nSPS) is 17.5. The molecule has 0 amide bonds. The number of hydrogen-bond donors (Lipinski definition) is 1. The van der Waals surface area contributed by atoms with Gasteiger partial charge in [-0.15, -0.1) is 0 Å². The molecule has 0 bridgehead atoms. The summed E-state index contributed by atoms with van der Waals surface area (Å²) in [6.07, 6.45) is 8.37. The molecular formula is C16H21BrO2. The van der Waals surface area contributed by atoms with Crippen LogP contribution >= 0.6 is 15.9 Å². The number of halogens is 1. The van der Waals surface area contributed by atoms with Crippen LogP contribution in [-0.2, 0) is 0 Å². The number of aliphatic hydroxyl groups excluding tert-OH is 1. The average molecular weight is 325 g/mol. The van der Waals surface area contributed by atoms with E-state index in [4.69, 9.17) is 4.74 Å². The number of benzene rings is 1. The highest BCUT2D eigenvalue weighted by Gasteiger charge is 2.17. The Bertz CT molecular complexity index is 448. The van der Waals surface area contributed by atoms with Crippen molar-refractivity contribution in [2.24, 2.45) is 5.92 Å². The highest BCUT2D eigenvalue weighted by molar-refractivity contribution is 9.10. The largest absolute Gasteiger partial charge is 0.496 e. The van der Waals surface area contributed by atoms with Gasteiger partial charge in [-0.25, -0.2) is 0 Å². The van der Waals surface area contributed by atoms with Gasteiger partial charge in [-0.2, -0.15) is 0 Å². The van der Waals surface area contributed by atoms with Crippen molar-refractivity contribution in [3.8, 4) is 5.75 Å². The fourth-order valence-electron chi connectivity index (χ4n) is 2.78. The number of ether oxygens (including phenoxy) is 1. The van der Waals surface area contributed by atoms with E-state index >= 15 is 0 Å². The third-order valence-corrected chi connectivity index (χ3v) is 4.34. The molecule has 0 saturated heterocycles. The maximum atomic E-state index is 9.65. The SMILES string of the molecule is COc1ccc(Br)cc1C=C(CO)C1CCCCC1. The monoisotopic (exact) mass is 324 g/mol. The van der Waals surface area contributed by atoms with Crippen LogP contribution in [0.1, 0.15) is 37.7 Å². The van der Waals surface area contributed by atoms with Crippen molar-refractivity contribution in [2.75, 3.05) is 13.7 Å². The first-order chi connectivity index (χ1) is 9.24. The van der Waals surface area contributed by atoms with E-state index in [-0.39, 0.29) is 6.61 Å². The Morgan fingerprint density at radius 2 is 2.11 bits per heavy atom. The van der Waals surface area contributed by atoms with E-state index < -0.39 is 0 Å². The molecule has 0 radical (unpaired) electrons. The summed E-state index contributed by atoms with van der Waals surface area (Å²) in [7, 11) is 1.68. The first-order valence-electron chi connectivity index (χ1n) is 6.89. The van der Waals surface area contributed by atoms with Crippen molar-refractivity contribution >= 4 is 22.0 Å². The molecule has 2 rings (SSSR count). The van der Waals surface area contributed by atoms with Crippen LogP contribution < -0.4 is 4.74 Å². The molecule has 19 heavy (non-hydrogen) atoms.